The number of hydrogen-bond acceptors (Lipinski definition) is 5. The van der Waals surface area contributed by atoms with Gasteiger partial charge in [0.25, 0.3) is 0 Å². The van der Waals surface area contributed by atoms with E-state index in [9.17, 15) is 18.0 Å². The maximum absolute atomic E-state index is 12.0. The van der Waals surface area contributed by atoms with Crippen LogP contribution in [0.5, 0.6) is 5.75 Å². The van der Waals surface area contributed by atoms with Gasteiger partial charge in [-0.25, -0.2) is 0 Å². The number of nitrogens with one attached hydrogen (secondary N) is 1. The van der Waals surface area contributed by atoms with Gasteiger partial charge < -0.3 is 19.7 Å². The molecule has 8 heteroatoms. The van der Waals surface area contributed by atoms with Gasteiger partial charge in [0.1, 0.15) is 5.75 Å². The zero-order valence-corrected chi connectivity index (χ0v) is 16.1. The number of Topliss-reactive ketones (excluding diaryl/α,β-unsaturated/α-hetero) is 1. The van der Waals surface area contributed by atoms with E-state index in [1.807, 2.05) is 0 Å². The number of aliphatic hydroxyl groups excluding tert-OH is 1. The standard InChI is InChI=1S/C14H13NO3.C8H7F3O/c1-10(15)11-4-6-12(7-5-11)18-9-13(16)14-3-2-8-17-14;9-8(10,11)7-3-1-6(5-12)2-4-7/h2-8,15H,9H2,1H3;1-4,12H,5H2. The molecule has 3 aromatic rings. The molecule has 158 valence electrons. The first-order valence-electron chi connectivity index (χ1n) is 8.83. The van der Waals surface area contributed by atoms with Crippen molar-refractivity contribution in [1.82, 2.24) is 0 Å². The second-order valence-electron chi connectivity index (χ2n) is 6.19. The Hall–Kier alpha value is -3.39. The molecule has 1 aromatic heterocycles. The van der Waals surface area contributed by atoms with Crippen molar-refractivity contribution in [3.05, 3.63) is 89.4 Å². The number of carbonyl (C=O) groups is 1. The molecule has 0 aliphatic carbocycles. The quantitative estimate of drug-likeness (QED) is 0.429. The summed E-state index contributed by atoms with van der Waals surface area (Å²) in [5.41, 5.74) is 1.11. The van der Waals surface area contributed by atoms with Crippen LogP contribution in [0.2, 0.25) is 0 Å². The zero-order chi connectivity index (χ0) is 22.1. The summed E-state index contributed by atoms with van der Waals surface area (Å²) in [6.07, 6.45) is -2.84. The minimum absolute atomic E-state index is 0.0591. The first-order valence-corrected chi connectivity index (χ1v) is 8.83. The Kier molecular flexibility index (Phi) is 7.94. The lowest BCUT2D eigenvalue weighted by Crippen LogP contribution is -2.10. The van der Waals surface area contributed by atoms with Crippen LogP contribution in [0.1, 0.15) is 34.2 Å². The number of halogens is 3. The molecule has 0 spiro atoms. The van der Waals surface area contributed by atoms with Gasteiger partial charge in [-0.3, -0.25) is 4.79 Å². The second kappa shape index (κ2) is 10.4. The molecule has 5 nitrogen and oxygen atoms in total. The van der Waals surface area contributed by atoms with Crippen molar-refractivity contribution in [3.8, 4) is 5.75 Å². The lowest BCUT2D eigenvalue weighted by atomic mass is 10.1. The van der Waals surface area contributed by atoms with E-state index in [-0.39, 0.29) is 19.0 Å². The highest BCUT2D eigenvalue weighted by Gasteiger charge is 2.29. The van der Waals surface area contributed by atoms with E-state index in [1.165, 1.54) is 18.4 Å². The molecule has 0 aliphatic rings. The zero-order valence-electron chi connectivity index (χ0n) is 16.1. The lowest BCUT2D eigenvalue weighted by Gasteiger charge is -2.05. The number of furan rings is 1. The molecule has 0 atom stereocenters. The summed E-state index contributed by atoms with van der Waals surface area (Å²) in [7, 11) is 0. The maximum Gasteiger partial charge on any atom is 0.416 e. The first kappa shape index (κ1) is 22.9. The van der Waals surface area contributed by atoms with Crippen molar-refractivity contribution < 1.29 is 32.2 Å². The second-order valence-corrected chi connectivity index (χ2v) is 6.19. The van der Waals surface area contributed by atoms with E-state index in [4.69, 9.17) is 19.7 Å². The smallest absolute Gasteiger partial charge is 0.416 e. The third-order valence-corrected chi connectivity index (χ3v) is 3.92. The summed E-state index contributed by atoms with van der Waals surface area (Å²) in [4.78, 5) is 11.6. The Morgan fingerprint density at radius 2 is 1.70 bits per heavy atom. The van der Waals surface area contributed by atoms with Crippen molar-refractivity contribution >= 4 is 11.5 Å². The summed E-state index contributed by atoms with van der Waals surface area (Å²) in [6.45, 7) is 1.42. The number of rotatable bonds is 6. The lowest BCUT2D eigenvalue weighted by molar-refractivity contribution is -0.137. The highest BCUT2D eigenvalue weighted by Crippen LogP contribution is 2.29. The SMILES string of the molecule is CC(=N)c1ccc(OCC(=O)c2ccco2)cc1.OCc1ccc(C(F)(F)F)cc1. The molecule has 0 saturated heterocycles. The Morgan fingerprint density at radius 3 is 2.17 bits per heavy atom. The van der Waals surface area contributed by atoms with Gasteiger partial charge in [0.2, 0.25) is 5.78 Å². The van der Waals surface area contributed by atoms with Crippen LogP contribution >= 0.6 is 0 Å². The van der Waals surface area contributed by atoms with Gasteiger partial charge in [0.05, 0.1) is 18.4 Å². The van der Waals surface area contributed by atoms with Crippen LogP contribution in [-0.2, 0) is 12.8 Å². The van der Waals surface area contributed by atoms with Gasteiger partial charge in [0.15, 0.2) is 12.4 Å². The molecular weight excluding hydrogens is 399 g/mol. The van der Waals surface area contributed by atoms with Crippen LogP contribution in [0.15, 0.2) is 71.3 Å². The average Bonchev–Trinajstić information content (AvgIpc) is 3.27. The summed E-state index contributed by atoms with van der Waals surface area (Å²) < 4.78 is 46.2. The third kappa shape index (κ3) is 6.89. The molecule has 30 heavy (non-hydrogen) atoms. The number of carbonyl (C=O) groups excluding carboxylic acids is 1. The maximum atomic E-state index is 12.0. The molecule has 1 heterocycles. The Balaban J connectivity index is 0.000000232. The van der Waals surface area contributed by atoms with Gasteiger partial charge in [0, 0.05) is 5.71 Å². The molecule has 0 bridgehead atoms. The minimum Gasteiger partial charge on any atom is -0.485 e. The molecule has 0 saturated carbocycles. The molecule has 2 aromatic carbocycles. The number of benzene rings is 2. The average molecular weight is 419 g/mol. The Bertz CT molecular complexity index is 948. The monoisotopic (exact) mass is 419 g/mol. The minimum atomic E-state index is -4.30. The number of alkyl halides is 3. The molecule has 2 N–H and O–H groups in total. The van der Waals surface area contributed by atoms with Crippen molar-refractivity contribution in [1.29, 1.82) is 5.41 Å². The number of ketones is 1. The summed E-state index contributed by atoms with van der Waals surface area (Å²) in [5.74, 6) is 0.689. The molecular formula is C22H20F3NO4. The van der Waals surface area contributed by atoms with Crippen molar-refractivity contribution in [2.75, 3.05) is 6.61 Å². The predicted octanol–water partition coefficient (Wildman–Crippen LogP) is 5.13. The molecule has 0 unspecified atom stereocenters. The normalized spacial score (nSPS) is 10.7. The van der Waals surface area contributed by atoms with Crippen LogP contribution in [0, 0.1) is 5.41 Å². The van der Waals surface area contributed by atoms with Gasteiger partial charge >= 0.3 is 6.18 Å². The largest absolute Gasteiger partial charge is 0.485 e. The Morgan fingerprint density at radius 1 is 1.07 bits per heavy atom. The van der Waals surface area contributed by atoms with E-state index in [2.05, 4.69) is 0 Å². The number of ether oxygens (including phenoxy) is 1. The fraction of sp³-hybridized carbons (Fsp3) is 0.182. The Labute approximate surface area is 171 Å². The van der Waals surface area contributed by atoms with Crippen molar-refractivity contribution in [2.45, 2.75) is 19.7 Å². The van der Waals surface area contributed by atoms with Crippen LogP contribution < -0.4 is 4.74 Å². The van der Waals surface area contributed by atoms with Crippen molar-refractivity contribution in [3.63, 3.8) is 0 Å². The summed E-state index contributed by atoms with van der Waals surface area (Å²) >= 11 is 0. The molecule has 3 rings (SSSR count). The highest BCUT2D eigenvalue weighted by atomic mass is 19.4. The van der Waals surface area contributed by atoms with E-state index in [0.29, 0.717) is 22.8 Å². The fourth-order valence-corrected chi connectivity index (χ4v) is 2.26. The van der Waals surface area contributed by atoms with E-state index in [0.717, 1.165) is 17.7 Å². The van der Waals surface area contributed by atoms with Gasteiger partial charge in [-0.15, -0.1) is 0 Å². The van der Waals surface area contributed by atoms with Crippen LogP contribution in [-0.4, -0.2) is 23.2 Å². The topological polar surface area (TPSA) is 83.5 Å². The summed E-state index contributed by atoms with van der Waals surface area (Å²) in [6, 6.07) is 14.7. The fourth-order valence-electron chi connectivity index (χ4n) is 2.26. The number of hydrogen-bond donors (Lipinski definition) is 2. The van der Waals surface area contributed by atoms with E-state index < -0.39 is 11.7 Å². The van der Waals surface area contributed by atoms with Crippen LogP contribution in [0.25, 0.3) is 0 Å². The molecule has 0 radical (unpaired) electrons. The van der Waals surface area contributed by atoms with Gasteiger partial charge in [-0.1, -0.05) is 12.1 Å². The predicted molar refractivity (Wildman–Crippen MR) is 105 cm³/mol. The van der Waals surface area contributed by atoms with Crippen LogP contribution in [0.4, 0.5) is 13.2 Å². The molecule has 0 amide bonds. The highest BCUT2D eigenvalue weighted by molar-refractivity contribution is 5.96. The molecule has 0 fully saturated rings. The van der Waals surface area contributed by atoms with Gasteiger partial charge in [-0.2, -0.15) is 13.2 Å². The summed E-state index contributed by atoms with van der Waals surface area (Å²) in [5, 5.41) is 16.0. The van der Waals surface area contributed by atoms with E-state index >= 15 is 0 Å². The van der Waals surface area contributed by atoms with Gasteiger partial charge in [-0.05, 0) is 66.6 Å². The first-order chi connectivity index (χ1) is 14.2. The third-order valence-electron chi connectivity index (χ3n) is 3.92. The van der Waals surface area contributed by atoms with E-state index in [1.54, 1.807) is 43.3 Å². The van der Waals surface area contributed by atoms with Crippen molar-refractivity contribution in [2.24, 2.45) is 0 Å². The number of aliphatic hydroxyl groups is 1. The molecule has 0 aliphatic heterocycles. The van der Waals surface area contributed by atoms with Crippen LogP contribution in [0.3, 0.4) is 0 Å².